The number of nitrogens with one attached hydrogen (secondary N) is 1. The van der Waals surface area contributed by atoms with Crippen LogP contribution in [0.2, 0.25) is 0 Å². The van der Waals surface area contributed by atoms with Crippen LogP contribution >= 0.6 is 0 Å². The Bertz CT molecular complexity index is 2930. The topological polar surface area (TPSA) is 51.2 Å². The highest BCUT2D eigenvalue weighted by atomic mass is 16.3. The average Bonchev–Trinajstić information content (AvgIpc) is 3.71. The second-order valence-corrected chi connectivity index (χ2v) is 15.1. The molecule has 1 aromatic heterocycles. The van der Waals surface area contributed by atoms with Gasteiger partial charge in [-0.1, -0.05) is 159 Å². The molecule has 0 aliphatic heterocycles. The predicted molar refractivity (Wildman–Crippen MR) is 226 cm³/mol. The first kappa shape index (κ1) is 32.2. The van der Waals surface area contributed by atoms with E-state index in [2.05, 4.69) is 171 Å². The molecule has 54 heavy (non-hydrogen) atoms. The fraction of sp³-hybridized carbons (Fsp3) is 0.0980. The first-order chi connectivity index (χ1) is 26.5. The van der Waals surface area contributed by atoms with Crippen molar-refractivity contribution in [3.63, 3.8) is 0 Å². The van der Waals surface area contributed by atoms with Crippen molar-refractivity contribution in [1.82, 2.24) is 5.32 Å². The molecule has 10 rings (SSSR count). The van der Waals surface area contributed by atoms with Crippen LogP contribution in [0, 0.1) is 0 Å². The highest BCUT2D eigenvalue weighted by molar-refractivity contribution is 6.22. The average molecular weight is 697 g/mol. The Morgan fingerprint density at radius 3 is 2.15 bits per heavy atom. The molecule has 1 heterocycles. The summed E-state index contributed by atoms with van der Waals surface area (Å²) in [5.74, 6) is 0. The summed E-state index contributed by atoms with van der Waals surface area (Å²) in [5, 5.41) is 11.0. The number of hydrogen-bond donors (Lipinski definition) is 2. The van der Waals surface area contributed by atoms with Crippen LogP contribution in [0.25, 0.3) is 71.4 Å². The SMILES string of the molecule is CC1(C)c2cc3ccccc3cc2-c2c(/C(=C/Cc3ccccc3-c3cccc4oc5ccc6ccccc6c5c34)NC(N)c3ccccc3)cccc21. The molecule has 3 N–H and O–H groups in total. The zero-order valence-corrected chi connectivity index (χ0v) is 30.4. The van der Waals surface area contributed by atoms with Crippen LogP contribution in [-0.4, -0.2) is 0 Å². The van der Waals surface area contributed by atoms with Crippen molar-refractivity contribution in [1.29, 1.82) is 0 Å². The lowest BCUT2D eigenvalue weighted by atomic mass is 9.81. The zero-order chi connectivity index (χ0) is 36.4. The third-order valence-corrected chi connectivity index (χ3v) is 11.5. The number of rotatable bonds is 7. The predicted octanol–water partition coefficient (Wildman–Crippen LogP) is 12.7. The molecule has 0 saturated carbocycles. The standard InChI is InChI=1S/C51H40N2O/c1-51(2)42-24-12-23-40(47(42)41-30-35-18-6-7-19-36(35)31-43(41)51)44(53-50(52)34-16-4-3-5-17-34)28-26-32-14-8-10-20-37(32)39-22-13-25-45-49(39)48-38-21-11-9-15-33(38)27-29-46(48)54-45/h3-25,27-31,50,53H,26,52H2,1-2H3/b44-28-. The highest BCUT2D eigenvalue weighted by Crippen LogP contribution is 2.52. The Morgan fingerprint density at radius 2 is 1.30 bits per heavy atom. The minimum Gasteiger partial charge on any atom is -0.456 e. The molecular formula is C51H40N2O. The van der Waals surface area contributed by atoms with E-state index in [0.717, 1.165) is 38.8 Å². The van der Waals surface area contributed by atoms with Crippen LogP contribution in [-0.2, 0) is 11.8 Å². The lowest BCUT2D eigenvalue weighted by Crippen LogP contribution is -2.28. The summed E-state index contributed by atoms with van der Waals surface area (Å²) in [6.45, 7) is 4.70. The Hall–Kier alpha value is -6.42. The van der Waals surface area contributed by atoms with Crippen LogP contribution in [0.1, 0.15) is 47.8 Å². The molecule has 0 fully saturated rings. The number of allylic oxidation sites excluding steroid dienone is 1. The van der Waals surface area contributed by atoms with Crippen molar-refractivity contribution in [3.8, 4) is 22.3 Å². The van der Waals surface area contributed by atoms with E-state index in [4.69, 9.17) is 10.2 Å². The van der Waals surface area contributed by atoms with Gasteiger partial charge in [-0.15, -0.1) is 0 Å². The van der Waals surface area contributed by atoms with Crippen LogP contribution in [0.3, 0.4) is 0 Å². The van der Waals surface area contributed by atoms with Crippen LogP contribution in [0.5, 0.6) is 0 Å². The van der Waals surface area contributed by atoms with Gasteiger partial charge >= 0.3 is 0 Å². The molecule has 3 nitrogen and oxygen atoms in total. The van der Waals surface area contributed by atoms with E-state index in [9.17, 15) is 0 Å². The van der Waals surface area contributed by atoms with Gasteiger partial charge in [-0.3, -0.25) is 0 Å². The van der Waals surface area contributed by atoms with Crippen molar-refractivity contribution in [2.75, 3.05) is 0 Å². The van der Waals surface area contributed by atoms with Gasteiger partial charge in [0.2, 0.25) is 0 Å². The lowest BCUT2D eigenvalue weighted by Gasteiger charge is -2.23. The van der Waals surface area contributed by atoms with E-state index in [-0.39, 0.29) is 5.41 Å². The van der Waals surface area contributed by atoms with Crippen LogP contribution < -0.4 is 11.1 Å². The summed E-state index contributed by atoms with van der Waals surface area (Å²) in [6.07, 6.45) is 2.64. The molecule has 3 heteroatoms. The molecule has 0 amide bonds. The first-order valence-electron chi connectivity index (χ1n) is 18.8. The Morgan fingerprint density at radius 1 is 0.611 bits per heavy atom. The minimum absolute atomic E-state index is 0.153. The second kappa shape index (κ2) is 12.6. The molecule has 1 aliphatic rings. The van der Waals surface area contributed by atoms with Gasteiger partial charge in [0, 0.05) is 27.4 Å². The van der Waals surface area contributed by atoms with Gasteiger partial charge in [0.15, 0.2) is 0 Å². The molecule has 9 aromatic rings. The smallest absolute Gasteiger partial charge is 0.136 e. The number of hydrogen-bond acceptors (Lipinski definition) is 3. The fourth-order valence-electron chi connectivity index (χ4n) is 8.84. The van der Waals surface area contributed by atoms with Gasteiger partial charge < -0.3 is 15.5 Å². The van der Waals surface area contributed by atoms with E-state index in [0.29, 0.717) is 6.42 Å². The molecule has 0 bridgehead atoms. The molecule has 1 atom stereocenters. The third kappa shape index (κ3) is 5.15. The van der Waals surface area contributed by atoms with E-state index in [1.54, 1.807) is 0 Å². The van der Waals surface area contributed by atoms with Gasteiger partial charge in [0.25, 0.3) is 0 Å². The number of furan rings is 1. The monoisotopic (exact) mass is 696 g/mol. The van der Waals surface area contributed by atoms with Crippen molar-refractivity contribution in [2.45, 2.75) is 31.8 Å². The number of fused-ring (bicyclic) bond motifs is 9. The van der Waals surface area contributed by atoms with E-state index >= 15 is 0 Å². The lowest BCUT2D eigenvalue weighted by molar-refractivity contribution is 0.659. The molecule has 1 unspecified atom stereocenters. The van der Waals surface area contributed by atoms with Gasteiger partial charge in [0.1, 0.15) is 17.3 Å². The molecule has 260 valence electrons. The van der Waals surface area contributed by atoms with Crippen LogP contribution in [0.15, 0.2) is 174 Å². The third-order valence-electron chi connectivity index (χ3n) is 11.5. The maximum absolute atomic E-state index is 6.98. The maximum atomic E-state index is 6.98. The number of benzene rings is 8. The summed E-state index contributed by atoms with van der Waals surface area (Å²) in [4.78, 5) is 0. The van der Waals surface area contributed by atoms with Crippen molar-refractivity contribution in [3.05, 3.63) is 198 Å². The van der Waals surface area contributed by atoms with Crippen molar-refractivity contribution < 1.29 is 4.42 Å². The summed E-state index contributed by atoms with van der Waals surface area (Å²) in [5.41, 5.74) is 20.7. The van der Waals surface area contributed by atoms with Gasteiger partial charge in [-0.25, -0.2) is 0 Å². The molecule has 0 saturated heterocycles. The number of nitrogens with two attached hydrogens (primary N) is 1. The quantitative estimate of drug-likeness (QED) is 0.163. The first-order valence-corrected chi connectivity index (χ1v) is 18.8. The summed E-state index contributed by atoms with van der Waals surface area (Å²) < 4.78 is 6.48. The summed E-state index contributed by atoms with van der Waals surface area (Å²) >= 11 is 0. The summed E-state index contributed by atoms with van der Waals surface area (Å²) in [6, 6.07) is 58.5. The molecule has 1 aliphatic carbocycles. The zero-order valence-electron chi connectivity index (χ0n) is 30.4. The maximum Gasteiger partial charge on any atom is 0.136 e. The Balaban J connectivity index is 1.14. The van der Waals surface area contributed by atoms with Crippen LogP contribution in [0.4, 0.5) is 0 Å². The Kier molecular flexibility index (Phi) is 7.53. The second-order valence-electron chi connectivity index (χ2n) is 15.1. The van der Waals surface area contributed by atoms with Crippen molar-refractivity contribution >= 4 is 49.2 Å². The molecule has 8 aromatic carbocycles. The van der Waals surface area contributed by atoms with Gasteiger partial charge in [-0.2, -0.15) is 0 Å². The molecular weight excluding hydrogens is 657 g/mol. The fourth-order valence-corrected chi connectivity index (χ4v) is 8.84. The van der Waals surface area contributed by atoms with E-state index in [1.165, 1.54) is 60.5 Å². The normalized spacial score (nSPS) is 14.1. The van der Waals surface area contributed by atoms with Gasteiger partial charge in [0.05, 0.1) is 0 Å². The minimum atomic E-state index is -0.395. The van der Waals surface area contributed by atoms with Gasteiger partial charge in [-0.05, 0) is 96.7 Å². The van der Waals surface area contributed by atoms with E-state index in [1.807, 2.05) is 18.2 Å². The molecule has 0 spiro atoms. The van der Waals surface area contributed by atoms with E-state index < -0.39 is 6.17 Å². The Labute approximate surface area is 315 Å². The molecule has 0 radical (unpaired) electrons. The largest absolute Gasteiger partial charge is 0.456 e. The summed E-state index contributed by atoms with van der Waals surface area (Å²) in [7, 11) is 0. The van der Waals surface area contributed by atoms with Crippen molar-refractivity contribution in [2.24, 2.45) is 5.73 Å². The highest BCUT2D eigenvalue weighted by Gasteiger charge is 2.37.